The molecular weight excluding hydrogens is 334 g/mol. The van der Waals surface area contributed by atoms with E-state index in [9.17, 15) is 9.59 Å². The number of hydrogen-bond donors (Lipinski definition) is 1. The third-order valence-corrected chi connectivity index (χ3v) is 4.40. The molecule has 26 heavy (non-hydrogen) atoms. The first kappa shape index (κ1) is 17.5. The summed E-state index contributed by atoms with van der Waals surface area (Å²) in [4.78, 5) is 26.3. The fourth-order valence-electron chi connectivity index (χ4n) is 3.12. The van der Waals surface area contributed by atoms with Gasteiger partial charge in [0, 0.05) is 5.56 Å². The van der Waals surface area contributed by atoms with Crippen molar-refractivity contribution in [1.82, 2.24) is 10.2 Å². The van der Waals surface area contributed by atoms with Crippen LogP contribution >= 0.6 is 0 Å². The molecule has 1 fully saturated rings. The molecule has 1 unspecified atom stereocenters. The summed E-state index contributed by atoms with van der Waals surface area (Å²) in [6, 6.07) is 10.0. The summed E-state index contributed by atoms with van der Waals surface area (Å²) in [5.41, 5.74) is -0.0195. The molecule has 0 spiro atoms. The summed E-state index contributed by atoms with van der Waals surface area (Å²) in [5.74, 6) is 1.45. The van der Waals surface area contributed by atoms with Crippen LogP contribution in [0.5, 0.6) is 5.75 Å². The Morgan fingerprint density at radius 1 is 1.31 bits per heavy atom. The van der Waals surface area contributed by atoms with E-state index in [1.165, 1.54) is 0 Å². The van der Waals surface area contributed by atoms with E-state index in [2.05, 4.69) is 5.32 Å². The number of nitriles is 1. The van der Waals surface area contributed by atoms with E-state index in [0.29, 0.717) is 28.4 Å². The van der Waals surface area contributed by atoms with Crippen LogP contribution in [0.1, 0.15) is 29.6 Å². The number of ether oxygens (including phenoxy) is 1. The highest BCUT2D eigenvalue weighted by Gasteiger charge is 2.50. The lowest BCUT2D eigenvalue weighted by molar-refractivity contribution is -0.131. The molecule has 1 saturated heterocycles. The Morgan fingerprint density at radius 2 is 2.08 bits per heavy atom. The number of aryl methyl sites for hydroxylation is 2. The zero-order valence-corrected chi connectivity index (χ0v) is 14.8. The van der Waals surface area contributed by atoms with E-state index in [1.54, 1.807) is 51.1 Å². The Hall–Kier alpha value is -3.27. The van der Waals surface area contributed by atoms with Crippen LogP contribution in [-0.2, 0) is 10.3 Å². The maximum Gasteiger partial charge on any atom is 0.325 e. The first-order valence-corrected chi connectivity index (χ1v) is 8.20. The van der Waals surface area contributed by atoms with Crippen molar-refractivity contribution < 1.29 is 18.7 Å². The third kappa shape index (κ3) is 3.02. The van der Waals surface area contributed by atoms with Crippen LogP contribution < -0.4 is 10.1 Å². The summed E-state index contributed by atoms with van der Waals surface area (Å²) in [6.45, 7) is 5.46. The van der Waals surface area contributed by atoms with Gasteiger partial charge in [0.25, 0.3) is 5.91 Å². The highest BCUT2D eigenvalue weighted by molar-refractivity contribution is 6.07. The van der Waals surface area contributed by atoms with Crippen LogP contribution in [0.3, 0.4) is 0 Å². The predicted molar refractivity (Wildman–Crippen MR) is 92.4 cm³/mol. The number of hydrogen-bond acceptors (Lipinski definition) is 5. The minimum Gasteiger partial charge on any atom is -0.492 e. The van der Waals surface area contributed by atoms with E-state index in [-0.39, 0.29) is 19.1 Å². The first-order valence-electron chi connectivity index (χ1n) is 8.20. The molecule has 0 bridgehead atoms. The number of benzene rings is 1. The lowest BCUT2D eigenvalue weighted by Gasteiger charge is -2.21. The van der Waals surface area contributed by atoms with E-state index in [1.807, 2.05) is 6.07 Å². The van der Waals surface area contributed by atoms with Crippen LogP contribution in [0.4, 0.5) is 4.79 Å². The predicted octanol–water partition coefficient (Wildman–Crippen LogP) is 2.61. The Labute approximate surface area is 151 Å². The second kappa shape index (κ2) is 6.56. The van der Waals surface area contributed by atoms with Gasteiger partial charge in [-0.15, -0.1) is 0 Å². The largest absolute Gasteiger partial charge is 0.492 e. The molecule has 2 aromatic rings. The third-order valence-electron chi connectivity index (χ3n) is 4.40. The van der Waals surface area contributed by atoms with E-state index in [0.717, 1.165) is 4.90 Å². The maximum absolute atomic E-state index is 12.8. The van der Waals surface area contributed by atoms with Crippen molar-refractivity contribution in [2.75, 3.05) is 13.2 Å². The van der Waals surface area contributed by atoms with Crippen molar-refractivity contribution in [2.24, 2.45) is 0 Å². The lowest BCUT2D eigenvalue weighted by Crippen LogP contribution is -2.41. The summed E-state index contributed by atoms with van der Waals surface area (Å²) < 4.78 is 11.1. The van der Waals surface area contributed by atoms with Gasteiger partial charge >= 0.3 is 6.03 Å². The van der Waals surface area contributed by atoms with Crippen molar-refractivity contribution in [3.8, 4) is 11.8 Å². The number of furan rings is 1. The Kier molecular flexibility index (Phi) is 4.43. The molecule has 3 rings (SSSR count). The molecule has 1 atom stereocenters. The van der Waals surface area contributed by atoms with Crippen molar-refractivity contribution in [3.63, 3.8) is 0 Å². The topological polar surface area (TPSA) is 95.6 Å². The van der Waals surface area contributed by atoms with Gasteiger partial charge in [-0.1, -0.05) is 6.07 Å². The molecule has 1 N–H and O–H groups in total. The number of carbonyl (C=O) groups excluding carboxylic acids is 2. The van der Waals surface area contributed by atoms with Gasteiger partial charge in [-0.05, 0) is 45.0 Å². The second-order valence-corrected chi connectivity index (χ2v) is 6.33. The maximum atomic E-state index is 12.8. The minimum atomic E-state index is -1.15. The highest BCUT2D eigenvalue weighted by Crippen LogP contribution is 2.32. The zero-order chi connectivity index (χ0) is 18.9. The molecule has 2 heterocycles. The monoisotopic (exact) mass is 353 g/mol. The molecule has 134 valence electrons. The number of urea groups is 1. The quantitative estimate of drug-likeness (QED) is 0.834. The van der Waals surface area contributed by atoms with Crippen LogP contribution in [-0.4, -0.2) is 30.0 Å². The normalized spacial score (nSPS) is 19.4. The average molecular weight is 353 g/mol. The van der Waals surface area contributed by atoms with Crippen LogP contribution in [0.2, 0.25) is 0 Å². The molecule has 3 amide bonds. The SMILES string of the molecule is Cc1cc(C2(C)NC(=O)N(CCOc3cccc(C#N)c3)C2=O)c(C)o1. The Bertz CT molecular complexity index is 912. The van der Waals surface area contributed by atoms with E-state index >= 15 is 0 Å². The molecule has 1 aromatic heterocycles. The van der Waals surface area contributed by atoms with Gasteiger partial charge in [-0.25, -0.2) is 4.79 Å². The van der Waals surface area contributed by atoms with Crippen molar-refractivity contribution in [3.05, 3.63) is 53.0 Å². The number of nitrogens with one attached hydrogen (secondary N) is 1. The zero-order valence-electron chi connectivity index (χ0n) is 14.8. The molecule has 0 saturated carbocycles. The number of rotatable bonds is 5. The molecule has 1 aliphatic rings. The fraction of sp³-hybridized carbons (Fsp3) is 0.316. The molecule has 1 aromatic carbocycles. The average Bonchev–Trinajstić information content (AvgIpc) is 3.06. The fourth-order valence-corrected chi connectivity index (χ4v) is 3.12. The van der Waals surface area contributed by atoms with Crippen LogP contribution in [0.25, 0.3) is 0 Å². The van der Waals surface area contributed by atoms with Gasteiger partial charge in [-0.3, -0.25) is 9.69 Å². The Balaban J connectivity index is 1.69. The van der Waals surface area contributed by atoms with Gasteiger partial charge in [0.2, 0.25) is 0 Å². The lowest BCUT2D eigenvalue weighted by atomic mass is 9.92. The van der Waals surface area contributed by atoms with E-state index < -0.39 is 11.6 Å². The molecule has 7 heteroatoms. The Morgan fingerprint density at radius 3 is 2.73 bits per heavy atom. The number of amides is 3. The highest BCUT2D eigenvalue weighted by atomic mass is 16.5. The standard InChI is InChI=1S/C19H19N3O4/c1-12-9-16(13(2)26-12)19(3)17(23)22(18(24)21-19)7-8-25-15-6-4-5-14(10-15)11-20/h4-6,9-10H,7-8H2,1-3H3,(H,21,24). The van der Waals surface area contributed by atoms with Crippen molar-refractivity contribution in [2.45, 2.75) is 26.3 Å². The molecular formula is C19H19N3O4. The van der Waals surface area contributed by atoms with Gasteiger partial charge in [0.1, 0.15) is 29.4 Å². The van der Waals surface area contributed by atoms with Crippen molar-refractivity contribution in [1.29, 1.82) is 5.26 Å². The van der Waals surface area contributed by atoms with Crippen LogP contribution in [0.15, 0.2) is 34.7 Å². The molecule has 1 aliphatic heterocycles. The number of imide groups is 1. The molecule has 7 nitrogen and oxygen atoms in total. The first-order chi connectivity index (χ1) is 12.3. The minimum absolute atomic E-state index is 0.104. The van der Waals surface area contributed by atoms with Gasteiger partial charge in [0.05, 0.1) is 18.2 Å². The van der Waals surface area contributed by atoms with Crippen LogP contribution in [0, 0.1) is 25.2 Å². The summed E-state index contributed by atoms with van der Waals surface area (Å²) >= 11 is 0. The second-order valence-electron chi connectivity index (χ2n) is 6.33. The number of carbonyl (C=O) groups is 2. The van der Waals surface area contributed by atoms with Gasteiger partial charge < -0.3 is 14.5 Å². The smallest absolute Gasteiger partial charge is 0.325 e. The molecule has 0 aliphatic carbocycles. The van der Waals surface area contributed by atoms with Crippen molar-refractivity contribution >= 4 is 11.9 Å². The number of nitrogens with zero attached hydrogens (tertiary/aromatic N) is 2. The molecule has 0 radical (unpaired) electrons. The summed E-state index contributed by atoms with van der Waals surface area (Å²) in [6.07, 6.45) is 0. The summed E-state index contributed by atoms with van der Waals surface area (Å²) in [7, 11) is 0. The van der Waals surface area contributed by atoms with Gasteiger partial charge in [-0.2, -0.15) is 5.26 Å². The van der Waals surface area contributed by atoms with E-state index in [4.69, 9.17) is 14.4 Å². The summed E-state index contributed by atoms with van der Waals surface area (Å²) in [5, 5.41) is 11.6. The van der Waals surface area contributed by atoms with Gasteiger partial charge in [0.15, 0.2) is 0 Å².